The summed E-state index contributed by atoms with van der Waals surface area (Å²) in [6, 6.07) is 6.35. The third kappa shape index (κ3) is 6.18. The number of aliphatic imine (C=N–C) groups is 1. The molecule has 0 spiro atoms. The van der Waals surface area contributed by atoms with Gasteiger partial charge >= 0.3 is 0 Å². The molecule has 0 heterocycles. The molecule has 0 bridgehead atoms. The van der Waals surface area contributed by atoms with E-state index in [0.717, 1.165) is 31.2 Å². The van der Waals surface area contributed by atoms with Crippen LogP contribution in [0, 0.1) is 11.7 Å². The van der Waals surface area contributed by atoms with Crippen molar-refractivity contribution in [3.8, 4) is 0 Å². The molecule has 0 saturated heterocycles. The number of amides is 1. The Morgan fingerprint density at radius 2 is 1.75 bits per heavy atom. The summed E-state index contributed by atoms with van der Waals surface area (Å²) in [7, 11) is 1.70. The van der Waals surface area contributed by atoms with Gasteiger partial charge in [-0.25, -0.2) is 4.39 Å². The van der Waals surface area contributed by atoms with Gasteiger partial charge in [-0.15, -0.1) is 0 Å². The third-order valence-electron chi connectivity index (χ3n) is 4.29. The predicted octanol–water partition coefficient (Wildman–Crippen LogP) is 2.19. The first kappa shape index (κ1) is 18.2. The van der Waals surface area contributed by atoms with E-state index < -0.39 is 0 Å². The van der Waals surface area contributed by atoms with Crippen LogP contribution in [0.2, 0.25) is 0 Å². The molecule has 0 aliphatic heterocycles. The molecule has 0 atom stereocenters. The smallest absolute Gasteiger partial charge is 0.223 e. The average molecular weight is 334 g/mol. The third-order valence-corrected chi connectivity index (χ3v) is 4.29. The van der Waals surface area contributed by atoms with Crippen LogP contribution in [-0.4, -0.2) is 32.0 Å². The molecule has 0 aromatic heterocycles. The van der Waals surface area contributed by atoms with Gasteiger partial charge in [0.15, 0.2) is 5.96 Å². The van der Waals surface area contributed by atoms with Crippen molar-refractivity contribution in [3.05, 3.63) is 35.6 Å². The molecule has 1 fully saturated rings. The predicted molar refractivity (Wildman–Crippen MR) is 94.2 cm³/mol. The topological polar surface area (TPSA) is 65.5 Å². The quantitative estimate of drug-likeness (QED) is 0.424. The molecule has 24 heavy (non-hydrogen) atoms. The molecule has 3 N–H and O–H groups in total. The van der Waals surface area contributed by atoms with E-state index in [4.69, 9.17) is 0 Å². The normalized spacial score (nSPS) is 15.8. The lowest BCUT2D eigenvalue weighted by molar-refractivity contribution is -0.125. The van der Waals surface area contributed by atoms with Crippen molar-refractivity contribution < 1.29 is 9.18 Å². The maximum Gasteiger partial charge on any atom is 0.223 e. The SMILES string of the molecule is CN=C(NCCNC(=O)C1CCCCC1)NCc1ccc(F)cc1. The second kappa shape index (κ2) is 9.90. The van der Waals surface area contributed by atoms with Gasteiger partial charge < -0.3 is 16.0 Å². The van der Waals surface area contributed by atoms with Crippen LogP contribution >= 0.6 is 0 Å². The Labute approximate surface area is 143 Å². The Balaban J connectivity index is 1.62. The first-order chi connectivity index (χ1) is 11.7. The van der Waals surface area contributed by atoms with Crippen LogP contribution in [-0.2, 0) is 11.3 Å². The molecule has 0 radical (unpaired) electrons. The lowest BCUT2D eigenvalue weighted by Gasteiger charge is -2.21. The zero-order chi connectivity index (χ0) is 17.2. The molecular weight excluding hydrogens is 307 g/mol. The Hall–Kier alpha value is -2.11. The van der Waals surface area contributed by atoms with Gasteiger partial charge in [-0.1, -0.05) is 31.4 Å². The van der Waals surface area contributed by atoms with E-state index in [0.29, 0.717) is 25.6 Å². The summed E-state index contributed by atoms with van der Waals surface area (Å²) in [5.74, 6) is 0.779. The minimum atomic E-state index is -0.241. The lowest BCUT2D eigenvalue weighted by Crippen LogP contribution is -2.42. The van der Waals surface area contributed by atoms with Gasteiger partial charge in [0.25, 0.3) is 0 Å². The number of hydrogen-bond donors (Lipinski definition) is 3. The summed E-state index contributed by atoms with van der Waals surface area (Å²) in [4.78, 5) is 16.2. The minimum Gasteiger partial charge on any atom is -0.355 e. The van der Waals surface area contributed by atoms with Gasteiger partial charge in [-0.3, -0.25) is 9.79 Å². The fourth-order valence-electron chi connectivity index (χ4n) is 2.88. The Bertz CT molecular complexity index is 538. The van der Waals surface area contributed by atoms with Crippen LogP contribution in [0.3, 0.4) is 0 Å². The molecule has 1 aliphatic carbocycles. The maximum atomic E-state index is 12.9. The highest BCUT2D eigenvalue weighted by atomic mass is 19.1. The van der Waals surface area contributed by atoms with E-state index in [2.05, 4.69) is 20.9 Å². The zero-order valence-electron chi connectivity index (χ0n) is 14.3. The summed E-state index contributed by atoms with van der Waals surface area (Å²) < 4.78 is 12.9. The van der Waals surface area contributed by atoms with Crippen LogP contribution in [0.25, 0.3) is 0 Å². The molecule has 1 aromatic rings. The number of carbonyl (C=O) groups is 1. The molecule has 1 aliphatic rings. The van der Waals surface area contributed by atoms with Crippen molar-refractivity contribution in [2.45, 2.75) is 38.6 Å². The number of nitrogens with one attached hydrogen (secondary N) is 3. The van der Waals surface area contributed by atoms with Crippen LogP contribution < -0.4 is 16.0 Å². The van der Waals surface area contributed by atoms with Gasteiger partial charge in [0, 0.05) is 32.6 Å². The molecule has 1 aromatic carbocycles. The van der Waals surface area contributed by atoms with E-state index in [1.165, 1.54) is 18.6 Å². The molecular formula is C18H27FN4O. The van der Waals surface area contributed by atoms with Crippen LogP contribution in [0.15, 0.2) is 29.3 Å². The molecule has 2 rings (SSSR count). The molecule has 1 amide bonds. The van der Waals surface area contributed by atoms with Crippen LogP contribution in [0.5, 0.6) is 0 Å². The number of nitrogens with zero attached hydrogens (tertiary/aromatic N) is 1. The fourth-order valence-corrected chi connectivity index (χ4v) is 2.88. The summed E-state index contributed by atoms with van der Waals surface area (Å²) >= 11 is 0. The van der Waals surface area contributed by atoms with Gasteiger partial charge in [0.2, 0.25) is 5.91 Å². The highest BCUT2D eigenvalue weighted by molar-refractivity contribution is 5.80. The van der Waals surface area contributed by atoms with E-state index >= 15 is 0 Å². The van der Waals surface area contributed by atoms with E-state index in [-0.39, 0.29) is 17.6 Å². The molecule has 6 heteroatoms. The number of halogens is 1. The summed E-state index contributed by atoms with van der Waals surface area (Å²) in [6.45, 7) is 1.75. The molecule has 5 nitrogen and oxygen atoms in total. The lowest BCUT2D eigenvalue weighted by atomic mass is 9.89. The second-order valence-corrected chi connectivity index (χ2v) is 6.10. The highest BCUT2D eigenvalue weighted by Crippen LogP contribution is 2.23. The monoisotopic (exact) mass is 334 g/mol. The zero-order valence-corrected chi connectivity index (χ0v) is 14.3. The Kier molecular flexibility index (Phi) is 7.52. The van der Waals surface area contributed by atoms with Crippen molar-refractivity contribution in [2.24, 2.45) is 10.9 Å². The summed E-state index contributed by atoms with van der Waals surface area (Å²) in [5, 5.41) is 9.31. The van der Waals surface area contributed by atoms with Gasteiger partial charge in [0.1, 0.15) is 5.82 Å². The fraction of sp³-hybridized carbons (Fsp3) is 0.556. The van der Waals surface area contributed by atoms with Crippen molar-refractivity contribution in [1.82, 2.24) is 16.0 Å². The largest absolute Gasteiger partial charge is 0.355 e. The molecule has 0 unspecified atom stereocenters. The first-order valence-electron chi connectivity index (χ1n) is 8.65. The first-order valence-corrected chi connectivity index (χ1v) is 8.65. The summed E-state index contributed by atoms with van der Waals surface area (Å²) in [5.41, 5.74) is 0.977. The number of carbonyl (C=O) groups excluding carboxylic acids is 1. The maximum absolute atomic E-state index is 12.9. The average Bonchev–Trinajstić information content (AvgIpc) is 2.63. The van der Waals surface area contributed by atoms with Gasteiger partial charge in [-0.05, 0) is 30.5 Å². The standard InChI is InChI=1S/C18H27FN4O/c1-20-18(23-13-14-7-9-16(19)10-8-14)22-12-11-21-17(24)15-5-3-2-4-6-15/h7-10,15H,2-6,11-13H2,1H3,(H,21,24)(H2,20,22,23). The Morgan fingerprint density at radius 1 is 1.08 bits per heavy atom. The van der Waals surface area contributed by atoms with Crippen molar-refractivity contribution >= 4 is 11.9 Å². The number of hydrogen-bond acceptors (Lipinski definition) is 2. The number of benzene rings is 1. The van der Waals surface area contributed by atoms with Crippen LogP contribution in [0.1, 0.15) is 37.7 Å². The van der Waals surface area contributed by atoms with Crippen molar-refractivity contribution in [3.63, 3.8) is 0 Å². The summed E-state index contributed by atoms with van der Waals surface area (Å²) in [6.07, 6.45) is 5.61. The van der Waals surface area contributed by atoms with E-state index in [9.17, 15) is 9.18 Å². The molecule has 132 valence electrons. The number of rotatable bonds is 6. The van der Waals surface area contributed by atoms with Crippen molar-refractivity contribution in [1.29, 1.82) is 0 Å². The minimum absolute atomic E-state index is 0.172. The van der Waals surface area contributed by atoms with Crippen LogP contribution in [0.4, 0.5) is 4.39 Å². The van der Waals surface area contributed by atoms with Gasteiger partial charge in [-0.2, -0.15) is 0 Å². The van der Waals surface area contributed by atoms with E-state index in [1.807, 2.05) is 0 Å². The number of guanidine groups is 1. The second-order valence-electron chi connectivity index (χ2n) is 6.10. The molecule has 1 saturated carbocycles. The van der Waals surface area contributed by atoms with E-state index in [1.54, 1.807) is 19.2 Å². The van der Waals surface area contributed by atoms with Gasteiger partial charge in [0.05, 0.1) is 0 Å². The van der Waals surface area contributed by atoms with Crippen molar-refractivity contribution in [2.75, 3.05) is 20.1 Å². The Morgan fingerprint density at radius 3 is 2.42 bits per heavy atom. The highest BCUT2D eigenvalue weighted by Gasteiger charge is 2.20.